The number of carbonyl (C=O) groups is 1. The van der Waals surface area contributed by atoms with Crippen LogP contribution in [-0.4, -0.2) is 36.4 Å². The highest BCUT2D eigenvalue weighted by Crippen LogP contribution is 2.16. The van der Waals surface area contributed by atoms with Crippen LogP contribution in [0, 0.1) is 11.8 Å². The van der Waals surface area contributed by atoms with Crippen molar-refractivity contribution in [1.29, 1.82) is 0 Å². The maximum absolute atomic E-state index is 12.1. The molecule has 0 bridgehead atoms. The van der Waals surface area contributed by atoms with Gasteiger partial charge in [0.1, 0.15) is 0 Å². The highest BCUT2D eigenvalue weighted by Gasteiger charge is 2.21. The van der Waals surface area contributed by atoms with E-state index < -0.39 is 0 Å². The van der Waals surface area contributed by atoms with Crippen LogP contribution in [0.4, 0.5) is 0 Å². The van der Waals surface area contributed by atoms with Crippen LogP contribution in [0.2, 0.25) is 0 Å². The van der Waals surface area contributed by atoms with Crippen LogP contribution < -0.4 is 5.32 Å². The molecule has 2 rings (SSSR count). The number of rotatable bonds is 3. The first-order chi connectivity index (χ1) is 9.69. The predicted octanol–water partition coefficient (Wildman–Crippen LogP) is 1.78. The molecule has 1 amide bonds. The standard InChI is InChI=1S/C15H19NO3S/c1-11-8-13(5-7-19-11)16-15(18)12-9-14(20-10-12)4-2-3-6-17/h9-11,13,17H,3,5-8H2,1H3,(H,16,18). The van der Waals surface area contributed by atoms with E-state index in [-0.39, 0.29) is 24.7 Å². The lowest BCUT2D eigenvalue weighted by Crippen LogP contribution is -2.41. The van der Waals surface area contributed by atoms with Gasteiger partial charge in [-0.1, -0.05) is 11.8 Å². The van der Waals surface area contributed by atoms with Crippen LogP contribution in [0.25, 0.3) is 0 Å². The van der Waals surface area contributed by atoms with Gasteiger partial charge in [0.25, 0.3) is 5.91 Å². The molecule has 1 fully saturated rings. The van der Waals surface area contributed by atoms with Gasteiger partial charge < -0.3 is 15.2 Å². The van der Waals surface area contributed by atoms with E-state index in [4.69, 9.17) is 9.84 Å². The molecule has 1 aromatic heterocycles. The van der Waals surface area contributed by atoms with E-state index in [9.17, 15) is 4.79 Å². The van der Waals surface area contributed by atoms with Gasteiger partial charge in [-0.2, -0.15) is 0 Å². The van der Waals surface area contributed by atoms with Crippen LogP contribution in [0.5, 0.6) is 0 Å². The fraction of sp³-hybridized carbons (Fsp3) is 0.533. The number of ether oxygens (including phenoxy) is 1. The summed E-state index contributed by atoms with van der Waals surface area (Å²) in [5.74, 6) is 5.75. The van der Waals surface area contributed by atoms with E-state index in [2.05, 4.69) is 17.2 Å². The predicted molar refractivity (Wildman–Crippen MR) is 78.8 cm³/mol. The second-order valence-corrected chi connectivity index (χ2v) is 5.76. The minimum Gasteiger partial charge on any atom is -0.395 e. The number of amides is 1. The molecule has 1 aliphatic heterocycles. The molecule has 0 spiro atoms. The van der Waals surface area contributed by atoms with Gasteiger partial charge >= 0.3 is 0 Å². The molecule has 2 atom stereocenters. The van der Waals surface area contributed by atoms with Crippen molar-refractivity contribution >= 4 is 17.2 Å². The number of nitrogens with one attached hydrogen (secondary N) is 1. The zero-order valence-electron chi connectivity index (χ0n) is 11.5. The van der Waals surface area contributed by atoms with Crippen molar-refractivity contribution in [2.75, 3.05) is 13.2 Å². The first-order valence-corrected chi connectivity index (χ1v) is 7.67. The number of carbonyl (C=O) groups excluding carboxylic acids is 1. The maximum atomic E-state index is 12.1. The lowest BCUT2D eigenvalue weighted by molar-refractivity contribution is 0.0136. The Kier molecular flexibility index (Phi) is 5.60. The van der Waals surface area contributed by atoms with E-state index in [1.807, 2.05) is 12.3 Å². The number of hydrogen-bond acceptors (Lipinski definition) is 4. The summed E-state index contributed by atoms with van der Waals surface area (Å²) in [5.41, 5.74) is 0.655. The van der Waals surface area contributed by atoms with E-state index >= 15 is 0 Å². The van der Waals surface area contributed by atoms with E-state index in [0.717, 1.165) is 17.7 Å². The van der Waals surface area contributed by atoms with Crippen molar-refractivity contribution in [1.82, 2.24) is 5.32 Å². The molecule has 4 nitrogen and oxygen atoms in total. The first kappa shape index (κ1) is 15.0. The third kappa shape index (κ3) is 4.34. The Labute approximate surface area is 123 Å². The van der Waals surface area contributed by atoms with Gasteiger partial charge in [-0.15, -0.1) is 11.3 Å². The summed E-state index contributed by atoms with van der Waals surface area (Å²) in [4.78, 5) is 13.0. The highest BCUT2D eigenvalue weighted by molar-refractivity contribution is 7.10. The van der Waals surface area contributed by atoms with Crippen molar-refractivity contribution in [2.24, 2.45) is 0 Å². The molecule has 1 saturated heterocycles. The molecule has 0 radical (unpaired) electrons. The van der Waals surface area contributed by atoms with Gasteiger partial charge in [-0.3, -0.25) is 4.79 Å². The number of aliphatic hydroxyl groups is 1. The summed E-state index contributed by atoms with van der Waals surface area (Å²) in [7, 11) is 0. The Morgan fingerprint density at radius 1 is 1.65 bits per heavy atom. The van der Waals surface area contributed by atoms with Crippen molar-refractivity contribution in [3.63, 3.8) is 0 Å². The van der Waals surface area contributed by atoms with Gasteiger partial charge in [0, 0.05) is 24.4 Å². The molecule has 0 aromatic carbocycles. The second kappa shape index (κ2) is 7.44. The van der Waals surface area contributed by atoms with Crippen LogP contribution in [0.1, 0.15) is 41.4 Å². The fourth-order valence-electron chi connectivity index (χ4n) is 2.12. The first-order valence-electron chi connectivity index (χ1n) is 6.79. The van der Waals surface area contributed by atoms with Crippen molar-refractivity contribution in [2.45, 2.75) is 38.3 Å². The Morgan fingerprint density at radius 2 is 2.50 bits per heavy atom. The van der Waals surface area contributed by atoms with E-state index in [0.29, 0.717) is 18.6 Å². The second-order valence-electron chi connectivity index (χ2n) is 4.85. The van der Waals surface area contributed by atoms with E-state index in [1.54, 1.807) is 6.07 Å². The SMILES string of the molecule is CC1CC(NC(=O)c2csc(C#CCCO)c2)CCO1. The van der Waals surface area contributed by atoms with Crippen molar-refractivity contribution in [3.8, 4) is 11.8 Å². The Balaban J connectivity index is 1.91. The van der Waals surface area contributed by atoms with Crippen LogP contribution in [0.3, 0.4) is 0 Å². The summed E-state index contributed by atoms with van der Waals surface area (Å²) in [6, 6.07) is 1.99. The molecule has 1 aromatic rings. The average Bonchev–Trinajstić information content (AvgIpc) is 2.88. The zero-order valence-corrected chi connectivity index (χ0v) is 12.3. The minimum absolute atomic E-state index is 0.0458. The lowest BCUT2D eigenvalue weighted by Gasteiger charge is -2.27. The molecule has 2 N–H and O–H groups in total. The number of hydrogen-bond donors (Lipinski definition) is 2. The van der Waals surface area contributed by atoms with Crippen LogP contribution in [0.15, 0.2) is 11.4 Å². The normalized spacial score (nSPS) is 21.9. The topological polar surface area (TPSA) is 58.6 Å². The van der Waals surface area contributed by atoms with Crippen molar-refractivity contribution in [3.05, 3.63) is 21.9 Å². The van der Waals surface area contributed by atoms with Gasteiger partial charge in [-0.25, -0.2) is 0 Å². The lowest BCUT2D eigenvalue weighted by atomic mass is 10.0. The number of thiophene rings is 1. The van der Waals surface area contributed by atoms with Crippen LogP contribution in [-0.2, 0) is 4.74 Å². The molecule has 20 heavy (non-hydrogen) atoms. The Hall–Kier alpha value is -1.35. The van der Waals surface area contributed by atoms with Gasteiger partial charge in [0.15, 0.2) is 0 Å². The van der Waals surface area contributed by atoms with Gasteiger partial charge in [0.2, 0.25) is 0 Å². The van der Waals surface area contributed by atoms with E-state index in [1.165, 1.54) is 11.3 Å². The summed E-state index contributed by atoms with van der Waals surface area (Å²) in [6.45, 7) is 2.79. The Morgan fingerprint density at radius 3 is 3.25 bits per heavy atom. The largest absolute Gasteiger partial charge is 0.395 e. The molecule has 2 heterocycles. The summed E-state index contributed by atoms with van der Waals surface area (Å²) in [5, 5.41) is 13.5. The average molecular weight is 293 g/mol. The molecule has 0 aliphatic carbocycles. The Bertz CT molecular complexity index is 515. The minimum atomic E-state index is -0.0458. The highest BCUT2D eigenvalue weighted by atomic mass is 32.1. The third-order valence-electron chi connectivity index (χ3n) is 3.13. The van der Waals surface area contributed by atoms with Gasteiger partial charge in [-0.05, 0) is 25.8 Å². The van der Waals surface area contributed by atoms with Crippen molar-refractivity contribution < 1.29 is 14.6 Å². The summed E-state index contributed by atoms with van der Waals surface area (Å²) >= 11 is 1.45. The quantitative estimate of drug-likeness (QED) is 0.835. The summed E-state index contributed by atoms with van der Waals surface area (Å²) < 4.78 is 5.47. The summed E-state index contributed by atoms with van der Waals surface area (Å²) in [6.07, 6.45) is 2.39. The number of aliphatic hydroxyl groups excluding tert-OH is 1. The monoisotopic (exact) mass is 293 g/mol. The van der Waals surface area contributed by atoms with Crippen LogP contribution >= 0.6 is 11.3 Å². The molecule has 1 aliphatic rings. The van der Waals surface area contributed by atoms with Gasteiger partial charge in [0.05, 0.1) is 23.2 Å². The zero-order chi connectivity index (χ0) is 14.4. The fourth-order valence-corrected chi connectivity index (χ4v) is 2.88. The smallest absolute Gasteiger partial charge is 0.252 e. The molecule has 108 valence electrons. The molecular weight excluding hydrogens is 274 g/mol. The maximum Gasteiger partial charge on any atom is 0.252 e. The molecular formula is C15H19NO3S. The molecule has 2 unspecified atom stereocenters. The molecule has 0 saturated carbocycles. The third-order valence-corrected chi connectivity index (χ3v) is 3.98. The molecule has 5 heteroatoms.